The van der Waals surface area contributed by atoms with Crippen molar-refractivity contribution in [3.8, 4) is 0 Å². The van der Waals surface area contributed by atoms with Gasteiger partial charge < -0.3 is 0 Å². The molecule has 0 N–H and O–H groups in total. The zero-order valence-electron chi connectivity index (χ0n) is 14.7. The Morgan fingerprint density at radius 2 is 1.65 bits per heavy atom. The molecule has 118 valence electrons. The van der Waals surface area contributed by atoms with Gasteiger partial charge in [0.1, 0.15) is 0 Å². The summed E-state index contributed by atoms with van der Waals surface area (Å²) < 4.78 is 0. The molecule has 2 aromatic rings. The molecule has 2 rings (SSSR count). The molecule has 23 heavy (non-hydrogen) atoms. The van der Waals surface area contributed by atoms with Crippen molar-refractivity contribution in [2.75, 3.05) is 0 Å². The van der Waals surface area contributed by atoms with E-state index in [0.717, 1.165) is 5.69 Å². The average molecular weight is 303 g/mol. The Kier molecular flexibility index (Phi) is 5.70. The van der Waals surface area contributed by atoms with E-state index < -0.39 is 0 Å². The quantitative estimate of drug-likeness (QED) is 0.617. The molecule has 0 bridgehead atoms. The molecule has 0 saturated heterocycles. The van der Waals surface area contributed by atoms with E-state index in [9.17, 15) is 0 Å². The second kappa shape index (κ2) is 7.73. The van der Waals surface area contributed by atoms with Crippen LogP contribution in [-0.4, -0.2) is 4.98 Å². The van der Waals surface area contributed by atoms with Gasteiger partial charge in [-0.2, -0.15) is 0 Å². The van der Waals surface area contributed by atoms with Crippen LogP contribution in [0, 0.1) is 13.8 Å². The Hall–Kier alpha value is -2.41. The summed E-state index contributed by atoms with van der Waals surface area (Å²) in [4.78, 5) is 4.54. The van der Waals surface area contributed by atoms with E-state index in [0.29, 0.717) is 0 Å². The normalized spacial score (nSPS) is 13.3. The van der Waals surface area contributed by atoms with Crippen molar-refractivity contribution in [3.05, 3.63) is 88.8 Å². The molecule has 0 radical (unpaired) electrons. The molecule has 0 saturated carbocycles. The SMILES string of the molecule is C/C=C(/C(C)=C/C=C(\C)c1ccc(C)cc1)c1ncccc1C. The van der Waals surface area contributed by atoms with Crippen LogP contribution in [0.15, 0.2) is 66.4 Å². The molecule has 1 heterocycles. The Labute approximate surface area is 140 Å². The first-order valence-electron chi connectivity index (χ1n) is 8.04. The predicted octanol–water partition coefficient (Wildman–Crippen LogP) is 6.15. The standard InChI is InChI=1S/C22H25N/c1-6-21(22-19(5)8-7-15-23-22)18(4)12-11-17(3)20-13-9-16(2)10-14-20/h6-15H,1-5H3/b17-11+,18-12+,21-6-. The molecule has 0 spiro atoms. The van der Waals surface area contributed by atoms with Gasteiger partial charge in [-0.05, 0) is 68.5 Å². The fourth-order valence-corrected chi connectivity index (χ4v) is 2.57. The summed E-state index contributed by atoms with van der Waals surface area (Å²) in [6.45, 7) is 10.6. The van der Waals surface area contributed by atoms with Crippen LogP contribution in [-0.2, 0) is 0 Å². The van der Waals surface area contributed by atoms with Gasteiger partial charge in [0, 0.05) is 6.20 Å². The van der Waals surface area contributed by atoms with Crippen molar-refractivity contribution in [1.82, 2.24) is 4.98 Å². The molecule has 0 unspecified atom stereocenters. The number of hydrogen-bond acceptors (Lipinski definition) is 1. The monoisotopic (exact) mass is 303 g/mol. The lowest BCUT2D eigenvalue weighted by Crippen LogP contribution is -1.94. The van der Waals surface area contributed by atoms with Gasteiger partial charge in [0.25, 0.3) is 0 Å². The van der Waals surface area contributed by atoms with E-state index in [1.165, 1.54) is 33.4 Å². The maximum atomic E-state index is 4.54. The summed E-state index contributed by atoms with van der Waals surface area (Å²) in [5.41, 5.74) is 8.48. The second-order valence-electron chi connectivity index (χ2n) is 5.94. The smallest absolute Gasteiger partial charge is 0.0730 e. The first-order valence-corrected chi connectivity index (χ1v) is 8.04. The number of hydrogen-bond donors (Lipinski definition) is 0. The lowest BCUT2D eigenvalue weighted by Gasteiger charge is -2.09. The van der Waals surface area contributed by atoms with Crippen LogP contribution in [0.5, 0.6) is 0 Å². The van der Waals surface area contributed by atoms with Crippen LogP contribution in [0.3, 0.4) is 0 Å². The van der Waals surface area contributed by atoms with Crippen LogP contribution in [0.1, 0.15) is 43.2 Å². The highest BCUT2D eigenvalue weighted by Crippen LogP contribution is 2.24. The lowest BCUT2D eigenvalue weighted by atomic mass is 9.98. The molecule has 1 heteroatoms. The van der Waals surface area contributed by atoms with Crippen LogP contribution in [0.4, 0.5) is 0 Å². The maximum absolute atomic E-state index is 4.54. The Bertz CT molecular complexity index is 759. The first-order chi connectivity index (χ1) is 11.0. The maximum Gasteiger partial charge on any atom is 0.0730 e. The number of aromatic nitrogens is 1. The highest BCUT2D eigenvalue weighted by atomic mass is 14.7. The van der Waals surface area contributed by atoms with Crippen molar-refractivity contribution in [1.29, 1.82) is 0 Å². The minimum absolute atomic E-state index is 1.06. The first kappa shape index (κ1) is 17.0. The van der Waals surface area contributed by atoms with Gasteiger partial charge in [0.2, 0.25) is 0 Å². The van der Waals surface area contributed by atoms with Crippen LogP contribution < -0.4 is 0 Å². The second-order valence-corrected chi connectivity index (χ2v) is 5.94. The molecule has 1 aromatic carbocycles. The van der Waals surface area contributed by atoms with Crippen LogP contribution in [0.2, 0.25) is 0 Å². The molecular weight excluding hydrogens is 278 g/mol. The minimum Gasteiger partial charge on any atom is -0.256 e. The van der Waals surface area contributed by atoms with Gasteiger partial charge in [-0.1, -0.05) is 54.1 Å². The molecule has 0 aliphatic carbocycles. The van der Waals surface area contributed by atoms with Gasteiger partial charge in [0.15, 0.2) is 0 Å². The third-order valence-corrected chi connectivity index (χ3v) is 4.07. The zero-order valence-corrected chi connectivity index (χ0v) is 14.7. The van der Waals surface area contributed by atoms with E-state index in [1.54, 1.807) is 0 Å². The van der Waals surface area contributed by atoms with Crippen molar-refractivity contribution in [2.24, 2.45) is 0 Å². The van der Waals surface area contributed by atoms with Crippen LogP contribution in [0.25, 0.3) is 11.1 Å². The van der Waals surface area contributed by atoms with Crippen molar-refractivity contribution in [3.63, 3.8) is 0 Å². The summed E-state index contributed by atoms with van der Waals surface area (Å²) in [5, 5.41) is 0. The Morgan fingerprint density at radius 1 is 0.957 bits per heavy atom. The van der Waals surface area contributed by atoms with E-state index in [2.05, 4.69) is 88.2 Å². The number of nitrogens with zero attached hydrogens (tertiary/aromatic N) is 1. The van der Waals surface area contributed by atoms with Gasteiger partial charge >= 0.3 is 0 Å². The number of aryl methyl sites for hydroxylation is 2. The largest absolute Gasteiger partial charge is 0.256 e. The van der Waals surface area contributed by atoms with Crippen molar-refractivity contribution >= 4 is 11.1 Å². The summed E-state index contributed by atoms with van der Waals surface area (Å²) in [5.74, 6) is 0. The zero-order chi connectivity index (χ0) is 16.8. The van der Waals surface area contributed by atoms with E-state index in [4.69, 9.17) is 0 Å². The Morgan fingerprint density at radius 3 is 2.26 bits per heavy atom. The number of allylic oxidation sites excluding steroid dienone is 6. The summed E-state index contributed by atoms with van der Waals surface area (Å²) in [6, 6.07) is 12.7. The lowest BCUT2D eigenvalue weighted by molar-refractivity contribution is 1.21. The summed E-state index contributed by atoms with van der Waals surface area (Å²) in [6.07, 6.45) is 8.35. The molecule has 0 amide bonds. The molecule has 0 aliphatic rings. The number of benzene rings is 1. The summed E-state index contributed by atoms with van der Waals surface area (Å²) in [7, 11) is 0. The molecular formula is C22H25N. The highest BCUT2D eigenvalue weighted by molar-refractivity contribution is 5.79. The number of rotatable bonds is 4. The van der Waals surface area contributed by atoms with Gasteiger partial charge in [-0.3, -0.25) is 4.98 Å². The third kappa shape index (κ3) is 4.29. The van der Waals surface area contributed by atoms with E-state index in [-0.39, 0.29) is 0 Å². The van der Waals surface area contributed by atoms with Crippen LogP contribution >= 0.6 is 0 Å². The van der Waals surface area contributed by atoms with Gasteiger partial charge in [0.05, 0.1) is 5.69 Å². The van der Waals surface area contributed by atoms with Crippen molar-refractivity contribution < 1.29 is 0 Å². The van der Waals surface area contributed by atoms with Gasteiger partial charge in [-0.15, -0.1) is 0 Å². The van der Waals surface area contributed by atoms with E-state index >= 15 is 0 Å². The highest BCUT2D eigenvalue weighted by Gasteiger charge is 2.06. The molecule has 1 nitrogen and oxygen atoms in total. The van der Waals surface area contributed by atoms with Gasteiger partial charge in [-0.25, -0.2) is 0 Å². The fourth-order valence-electron chi connectivity index (χ4n) is 2.57. The molecule has 1 aromatic heterocycles. The molecule has 0 atom stereocenters. The fraction of sp³-hybridized carbons (Fsp3) is 0.227. The topological polar surface area (TPSA) is 12.9 Å². The minimum atomic E-state index is 1.06. The molecule has 0 fully saturated rings. The van der Waals surface area contributed by atoms with E-state index in [1.807, 2.05) is 12.3 Å². The predicted molar refractivity (Wildman–Crippen MR) is 101 cm³/mol. The molecule has 0 aliphatic heterocycles. The number of pyridine rings is 1. The Balaban J connectivity index is 2.29. The average Bonchev–Trinajstić information content (AvgIpc) is 2.55. The third-order valence-electron chi connectivity index (χ3n) is 4.07. The summed E-state index contributed by atoms with van der Waals surface area (Å²) >= 11 is 0. The van der Waals surface area contributed by atoms with Crippen molar-refractivity contribution in [2.45, 2.75) is 34.6 Å².